The van der Waals surface area contributed by atoms with Gasteiger partial charge in [-0.15, -0.1) is 21.5 Å². The molecule has 0 saturated heterocycles. The van der Waals surface area contributed by atoms with E-state index in [4.69, 9.17) is 0 Å². The summed E-state index contributed by atoms with van der Waals surface area (Å²) in [5, 5.41) is 16.1. The fourth-order valence-electron chi connectivity index (χ4n) is 2.75. The molecule has 30 heavy (non-hydrogen) atoms. The lowest BCUT2D eigenvalue weighted by Crippen LogP contribution is -2.09. The molecular weight excluding hydrogens is 455 g/mol. The molecule has 12 heteroatoms. The summed E-state index contributed by atoms with van der Waals surface area (Å²) >= 11 is 3.97. The molecule has 0 atom stereocenters. The quantitative estimate of drug-likeness (QED) is 0.303. The van der Waals surface area contributed by atoms with Crippen LogP contribution in [0, 0.1) is 6.92 Å². The maximum Gasteiger partial charge on any atom is 0.416 e. The average molecular weight is 470 g/mol. The van der Waals surface area contributed by atoms with Crippen molar-refractivity contribution in [3.05, 3.63) is 46.5 Å². The van der Waals surface area contributed by atoms with Crippen LogP contribution in [-0.4, -0.2) is 31.6 Å². The molecule has 1 aromatic carbocycles. The van der Waals surface area contributed by atoms with Gasteiger partial charge in [0.2, 0.25) is 5.13 Å². The molecule has 0 unspecified atom stereocenters. The Balaban J connectivity index is 1.66. The fraction of sp³-hybridized carbons (Fsp3) is 0.222. The number of alkyl halides is 3. The number of aryl methyl sites for hydroxylation is 1. The van der Waals surface area contributed by atoms with Gasteiger partial charge in [0.1, 0.15) is 4.83 Å². The first-order valence-corrected chi connectivity index (χ1v) is 11.3. The van der Waals surface area contributed by atoms with Gasteiger partial charge in [0.05, 0.1) is 21.8 Å². The highest BCUT2D eigenvalue weighted by Gasteiger charge is 2.31. The van der Waals surface area contributed by atoms with Crippen LogP contribution in [0.4, 0.5) is 18.3 Å². The second kappa shape index (κ2) is 8.00. The Morgan fingerprint density at radius 3 is 2.77 bits per heavy atom. The molecule has 0 aliphatic heterocycles. The summed E-state index contributed by atoms with van der Waals surface area (Å²) in [5.41, 5.74) is 0.144. The van der Waals surface area contributed by atoms with Gasteiger partial charge in [-0.05, 0) is 36.9 Å². The Labute approximate surface area is 181 Å². The number of amides is 1. The minimum atomic E-state index is -4.45. The molecule has 6 nitrogen and oxygen atoms in total. The third kappa shape index (κ3) is 4.07. The van der Waals surface area contributed by atoms with Crippen molar-refractivity contribution >= 4 is 55.7 Å². The standard InChI is InChI=1S/C18H14F3N5OS3/c1-3-28-17-24-23-16(30-17)22-14(27)13-8-12-9(2)25-26(15(12)29-13)11-6-4-5-10(7-11)18(19,20)21/h4-8H,3H2,1-2H3,(H,22,23,27). The summed E-state index contributed by atoms with van der Waals surface area (Å²) in [6.07, 6.45) is -4.45. The van der Waals surface area contributed by atoms with E-state index in [9.17, 15) is 18.0 Å². The van der Waals surface area contributed by atoms with Crippen LogP contribution >= 0.6 is 34.4 Å². The van der Waals surface area contributed by atoms with Crippen molar-refractivity contribution in [2.75, 3.05) is 11.1 Å². The highest BCUT2D eigenvalue weighted by atomic mass is 32.2. The third-order valence-electron chi connectivity index (χ3n) is 4.08. The first-order valence-electron chi connectivity index (χ1n) is 8.70. The van der Waals surface area contributed by atoms with Crippen molar-refractivity contribution < 1.29 is 18.0 Å². The molecule has 0 saturated carbocycles. The van der Waals surface area contributed by atoms with Gasteiger partial charge in [-0.25, -0.2) is 4.68 Å². The van der Waals surface area contributed by atoms with Gasteiger partial charge in [0, 0.05) is 5.39 Å². The number of rotatable bonds is 5. The average Bonchev–Trinajstić information content (AvgIpc) is 3.39. The monoisotopic (exact) mass is 469 g/mol. The number of hydrogen-bond acceptors (Lipinski definition) is 7. The molecule has 4 aromatic rings. The van der Waals surface area contributed by atoms with Crippen molar-refractivity contribution in [3.63, 3.8) is 0 Å². The molecule has 0 fully saturated rings. The second-order valence-corrected chi connectivity index (χ2v) is 9.65. The van der Waals surface area contributed by atoms with Gasteiger partial charge in [0.25, 0.3) is 5.91 Å². The zero-order chi connectivity index (χ0) is 21.5. The van der Waals surface area contributed by atoms with Crippen molar-refractivity contribution in [1.29, 1.82) is 0 Å². The van der Waals surface area contributed by atoms with Crippen LogP contribution in [0.5, 0.6) is 0 Å². The number of aromatic nitrogens is 4. The Kier molecular flexibility index (Phi) is 5.55. The number of carbonyl (C=O) groups is 1. The predicted molar refractivity (Wildman–Crippen MR) is 113 cm³/mol. The van der Waals surface area contributed by atoms with Crippen LogP contribution in [0.2, 0.25) is 0 Å². The normalized spacial score (nSPS) is 11.9. The van der Waals surface area contributed by atoms with Crippen LogP contribution in [0.15, 0.2) is 34.7 Å². The van der Waals surface area contributed by atoms with Crippen LogP contribution in [0.25, 0.3) is 15.9 Å². The molecule has 4 rings (SSSR count). The predicted octanol–water partition coefficient (Wildman–Crippen LogP) is 5.63. The van der Waals surface area contributed by atoms with Gasteiger partial charge in [-0.2, -0.15) is 18.3 Å². The number of thioether (sulfide) groups is 1. The van der Waals surface area contributed by atoms with Crippen molar-refractivity contribution in [3.8, 4) is 5.69 Å². The zero-order valence-electron chi connectivity index (χ0n) is 15.6. The van der Waals surface area contributed by atoms with Gasteiger partial charge in [-0.1, -0.05) is 36.1 Å². The topological polar surface area (TPSA) is 72.7 Å². The molecule has 0 spiro atoms. The number of carbonyl (C=O) groups excluding carboxylic acids is 1. The van der Waals surface area contributed by atoms with Gasteiger partial charge < -0.3 is 0 Å². The number of nitrogens with one attached hydrogen (secondary N) is 1. The fourth-order valence-corrected chi connectivity index (χ4v) is 5.47. The summed E-state index contributed by atoms with van der Waals surface area (Å²) in [6, 6.07) is 6.62. The Morgan fingerprint density at radius 2 is 2.03 bits per heavy atom. The Bertz CT molecular complexity index is 1230. The highest BCUT2D eigenvalue weighted by molar-refractivity contribution is 8.01. The molecular formula is C18H14F3N5OS3. The number of hydrogen-bond donors (Lipinski definition) is 1. The minimum absolute atomic E-state index is 0.280. The summed E-state index contributed by atoms with van der Waals surface area (Å²) in [7, 11) is 0. The van der Waals surface area contributed by atoms with Crippen molar-refractivity contribution in [2.45, 2.75) is 24.4 Å². The molecule has 1 amide bonds. The highest BCUT2D eigenvalue weighted by Crippen LogP contribution is 2.34. The molecule has 3 heterocycles. The lowest BCUT2D eigenvalue weighted by atomic mass is 10.2. The summed E-state index contributed by atoms with van der Waals surface area (Å²) in [5.74, 6) is 0.500. The first-order chi connectivity index (χ1) is 14.3. The Hall–Kier alpha value is -2.44. The van der Waals surface area contributed by atoms with Crippen LogP contribution in [0.1, 0.15) is 27.9 Å². The SMILES string of the molecule is CCSc1nnc(NC(=O)c2cc3c(C)nn(-c4cccc(C(F)(F)F)c4)c3s2)s1. The number of thiophene rings is 1. The van der Waals surface area contributed by atoms with E-state index in [0.717, 1.165) is 33.6 Å². The van der Waals surface area contributed by atoms with Gasteiger partial charge in [0.15, 0.2) is 4.34 Å². The lowest BCUT2D eigenvalue weighted by Gasteiger charge is -2.09. The lowest BCUT2D eigenvalue weighted by molar-refractivity contribution is -0.137. The van der Waals surface area contributed by atoms with E-state index >= 15 is 0 Å². The number of fused-ring (bicyclic) bond motifs is 1. The van der Waals surface area contributed by atoms with E-state index in [-0.39, 0.29) is 11.6 Å². The van der Waals surface area contributed by atoms with Gasteiger partial charge >= 0.3 is 6.18 Å². The first kappa shape index (κ1) is 20.8. The summed E-state index contributed by atoms with van der Waals surface area (Å²) in [4.78, 5) is 13.6. The van der Waals surface area contributed by atoms with E-state index in [2.05, 4.69) is 20.6 Å². The van der Waals surface area contributed by atoms with Crippen LogP contribution < -0.4 is 5.32 Å². The summed E-state index contributed by atoms with van der Waals surface area (Å²) < 4.78 is 41.4. The van der Waals surface area contributed by atoms with Crippen LogP contribution in [0.3, 0.4) is 0 Å². The number of nitrogens with zero attached hydrogens (tertiary/aromatic N) is 4. The largest absolute Gasteiger partial charge is 0.416 e. The van der Waals surface area contributed by atoms with Gasteiger partial charge in [-0.3, -0.25) is 10.1 Å². The third-order valence-corrected chi connectivity index (χ3v) is 7.04. The molecule has 0 bridgehead atoms. The van der Waals surface area contributed by atoms with E-state index in [0.29, 0.717) is 25.9 Å². The second-order valence-electron chi connectivity index (χ2n) is 6.14. The van der Waals surface area contributed by atoms with E-state index in [1.165, 1.54) is 33.8 Å². The molecule has 156 valence electrons. The van der Waals surface area contributed by atoms with E-state index in [1.807, 2.05) is 6.92 Å². The summed E-state index contributed by atoms with van der Waals surface area (Å²) in [6.45, 7) is 3.75. The molecule has 3 aromatic heterocycles. The number of anilines is 1. The van der Waals surface area contributed by atoms with E-state index < -0.39 is 11.7 Å². The smallest absolute Gasteiger partial charge is 0.296 e. The number of benzene rings is 1. The maximum atomic E-state index is 13.1. The van der Waals surface area contributed by atoms with Crippen molar-refractivity contribution in [1.82, 2.24) is 20.0 Å². The van der Waals surface area contributed by atoms with E-state index in [1.54, 1.807) is 19.1 Å². The Morgan fingerprint density at radius 1 is 1.23 bits per heavy atom. The molecule has 1 N–H and O–H groups in total. The molecule has 0 radical (unpaired) electrons. The van der Waals surface area contributed by atoms with Crippen molar-refractivity contribution in [2.24, 2.45) is 0 Å². The maximum absolute atomic E-state index is 13.1. The molecule has 0 aliphatic rings. The minimum Gasteiger partial charge on any atom is -0.296 e. The van der Waals surface area contributed by atoms with Crippen LogP contribution in [-0.2, 0) is 6.18 Å². The zero-order valence-corrected chi connectivity index (χ0v) is 18.1. The number of halogens is 3. The molecule has 0 aliphatic carbocycles.